The van der Waals surface area contributed by atoms with Gasteiger partial charge in [-0.3, -0.25) is 4.79 Å². The smallest absolute Gasteiger partial charge is 0.183 e. The molecule has 0 atom stereocenters. The summed E-state index contributed by atoms with van der Waals surface area (Å²) >= 11 is 0. The van der Waals surface area contributed by atoms with E-state index in [2.05, 4.69) is 5.32 Å². The Morgan fingerprint density at radius 2 is 1.82 bits per heavy atom. The highest BCUT2D eigenvalue weighted by Gasteiger charge is 2.21. The topological polar surface area (TPSA) is 47.6 Å². The van der Waals surface area contributed by atoms with Crippen LogP contribution < -0.4 is 14.8 Å². The summed E-state index contributed by atoms with van der Waals surface area (Å²) in [6.07, 6.45) is 0. The molecule has 4 nitrogen and oxygen atoms in total. The first-order valence-corrected chi connectivity index (χ1v) is 6.88. The van der Waals surface area contributed by atoms with E-state index >= 15 is 0 Å². The Hall–Kier alpha value is -2.40. The molecule has 0 radical (unpaired) electrons. The van der Waals surface area contributed by atoms with Crippen LogP contribution in [0, 0.1) is 5.82 Å². The molecule has 0 aliphatic rings. The second-order valence-corrected chi connectivity index (χ2v) is 4.68. The summed E-state index contributed by atoms with van der Waals surface area (Å²) in [5.41, 5.74) is 0.822. The van der Waals surface area contributed by atoms with Gasteiger partial charge in [-0.25, -0.2) is 4.39 Å². The highest BCUT2D eigenvalue weighted by molar-refractivity contribution is 6.00. The molecule has 0 saturated heterocycles. The van der Waals surface area contributed by atoms with E-state index in [0.717, 1.165) is 5.56 Å². The first-order chi connectivity index (χ1) is 10.7. The maximum absolute atomic E-state index is 14.5. The molecule has 0 heterocycles. The predicted octanol–water partition coefficient (Wildman–Crippen LogP) is 2.82. The highest BCUT2D eigenvalue weighted by atomic mass is 19.1. The fourth-order valence-electron chi connectivity index (χ4n) is 2.06. The lowest BCUT2D eigenvalue weighted by Gasteiger charge is -2.13. The van der Waals surface area contributed by atoms with Crippen LogP contribution in [0.1, 0.15) is 15.9 Å². The minimum absolute atomic E-state index is 0.0232. The maximum Gasteiger partial charge on any atom is 0.183 e. The van der Waals surface area contributed by atoms with Crippen molar-refractivity contribution in [2.75, 3.05) is 20.7 Å². The first kappa shape index (κ1) is 16.0. The van der Waals surface area contributed by atoms with Crippen LogP contribution in [0.2, 0.25) is 0 Å². The molecule has 2 rings (SSSR count). The van der Waals surface area contributed by atoms with Crippen LogP contribution in [0.15, 0.2) is 42.5 Å². The van der Waals surface area contributed by atoms with E-state index in [4.69, 9.17) is 9.47 Å². The fraction of sp³-hybridized carbons (Fsp3) is 0.235. The average Bonchev–Trinajstić information content (AvgIpc) is 2.54. The van der Waals surface area contributed by atoms with E-state index in [1.807, 2.05) is 30.3 Å². The van der Waals surface area contributed by atoms with Gasteiger partial charge in [-0.05, 0) is 24.7 Å². The molecule has 0 aliphatic heterocycles. The Morgan fingerprint density at radius 1 is 1.14 bits per heavy atom. The van der Waals surface area contributed by atoms with Gasteiger partial charge in [0.25, 0.3) is 0 Å². The number of ether oxygens (including phenoxy) is 2. The summed E-state index contributed by atoms with van der Waals surface area (Å²) in [4.78, 5) is 12.0. The molecule has 22 heavy (non-hydrogen) atoms. The van der Waals surface area contributed by atoms with Gasteiger partial charge < -0.3 is 14.8 Å². The Labute approximate surface area is 128 Å². The van der Waals surface area contributed by atoms with E-state index in [-0.39, 0.29) is 36.0 Å². The summed E-state index contributed by atoms with van der Waals surface area (Å²) in [7, 11) is 3.02. The minimum Gasteiger partial charge on any atom is -0.496 e. The minimum atomic E-state index is -0.699. The van der Waals surface area contributed by atoms with Crippen LogP contribution in [0.4, 0.5) is 4.39 Å². The number of carbonyl (C=O) groups excluding carboxylic acids is 1. The van der Waals surface area contributed by atoms with Crippen molar-refractivity contribution in [3.63, 3.8) is 0 Å². The van der Waals surface area contributed by atoms with Gasteiger partial charge >= 0.3 is 0 Å². The number of ketones is 1. The van der Waals surface area contributed by atoms with Crippen molar-refractivity contribution in [3.05, 3.63) is 59.4 Å². The SMILES string of the molecule is CNCC(=O)c1c(OC)ccc(OCc2ccccc2)c1F. The standard InChI is InChI=1S/C17H18FNO3/c1-19-10-13(20)16-14(21-2)8-9-15(17(16)18)22-11-12-6-4-3-5-7-12/h3-9,19H,10-11H2,1-2H3. The average molecular weight is 303 g/mol. The number of hydrogen-bond donors (Lipinski definition) is 1. The lowest BCUT2D eigenvalue weighted by atomic mass is 10.1. The number of likely N-dealkylation sites (N-methyl/N-ethyl adjacent to an activating group) is 1. The van der Waals surface area contributed by atoms with Gasteiger partial charge in [0.15, 0.2) is 17.3 Å². The number of carbonyl (C=O) groups is 1. The molecule has 2 aromatic carbocycles. The predicted molar refractivity (Wildman–Crippen MR) is 82.0 cm³/mol. The van der Waals surface area contributed by atoms with E-state index in [1.54, 1.807) is 7.05 Å². The van der Waals surface area contributed by atoms with Crippen LogP contribution in [0.5, 0.6) is 11.5 Å². The van der Waals surface area contributed by atoms with Gasteiger partial charge in [-0.1, -0.05) is 30.3 Å². The van der Waals surface area contributed by atoms with Gasteiger partial charge in [-0.15, -0.1) is 0 Å². The molecule has 0 bridgehead atoms. The molecule has 116 valence electrons. The summed E-state index contributed by atoms with van der Waals surface area (Å²) in [6, 6.07) is 12.4. The number of rotatable bonds is 7. The molecule has 0 fully saturated rings. The first-order valence-electron chi connectivity index (χ1n) is 6.88. The molecular weight excluding hydrogens is 285 g/mol. The molecule has 0 aliphatic carbocycles. The third kappa shape index (κ3) is 3.62. The van der Waals surface area contributed by atoms with Crippen LogP contribution in [-0.4, -0.2) is 26.5 Å². The molecule has 0 unspecified atom stereocenters. The number of halogens is 1. The number of Topliss-reactive ketones (excluding diaryl/α,β-unsaturated/α-hetero) is 1. The third-order valence-corrected chi connectivity index (χ3v) is 3.14. The number of methoxy groups -OCH3 is 1. The van der Waals surface area contributed by atoms with Crippen molar-refractivity contribution in [2.45, 2.75) is 6.61 Å². The molecule has 0 aromatic heterocycles. The summed E-state index contributed by atoms with van der Waals surface area (Å²) in [6.45, 7) is 0.249. The second-order valence-electron chi connectivity index (χ2n) is 4.68. The van der Waals surface area contributed by atoms with Crippen molar-refractivity contribution in [3.8, 4) is 11.5 Å². The maximum atomic E-state index is 14.5. The van der Waals surface area contributed by atoms with Crippen LogP contribution >= 0.6 is 0 Å². The highest BCUT2D eigenvalue weighted by Crippen LogP contribution is 2.29. The van der Waals surface area contributed by atoms with Crippen molar-refractivity contribution in [2.24, 2.45) is 0 Å². The molecule has 0 saturated carbocycles. The molecule has 1 N–H and O–H groups in total. The van der Waals surface area contributed by atoms with Crippen molar-refractivity contribution in [1.29, 1.82) is 0 Å². The van der Waals surface area contributed by atoms with Gasteiger partial charge in [0, 0.05) is 0 Å². The zero-order chi connectivity index (χ0) is 15.9. The Morgan fingerprint density at radius 3 is 2.45 bits per heavy atom. The fourth-order valence-corrected chi connectivity index (χ4v) is 2.06. The van der Waals surface area contributed by atoms with Gasteiger partial charge in [0.05, 0.1) is 13.7 Å². The molecule has 5 heteroatoms. The zero-order valence-corrected chi connectivity index (χ0v) is 12.6. The van der Waals surface area contributed by atoms with Gasteiger partial charge in [0.1, 0.15) is 17.9 Å². The summed E-state index contributed by atoms with van der Waals surface area (Å²) in [5.74, 6) is -0.855. The third-order valence-electron chi connectivity index (χ3n) is 3.14. The number of hydrogen-bond acceptors (Lipinski definition) is 4. The van der Waals surface area contributed by atoms with E-state index in [0.29, 0.717) is 0 Å². The zero-order valence-electron chi connectivity index (χ0n) is 12.6. The largest absolute Gasteiger partial charge is 0.496 e. The van der Waals surface area contributed by atoms with Crippen molar-refractivity contribution in [1.82, 2.24) is 5.32 Å². The van der Waals surface area contributed by atoms with Crippen molar-refractivity contribution >= 4 is 5.78 Å². The van der Waals surface area contributed by atoms with Crippen LogP contribution in [-0.2, 0) is 6.61 Å². The molecule has 0 amide bonds. The summed E-state index contributed by atoms with van der Waals surface area (Å²) in [5, 5.41) is 2.71. The monoisotopic (exact) mass is 303 g/mol. The normalized spacial score (nSPS) is 10.3. The van der Waals surface area contributed by atoms with E-state index < -0.39 is 5.82 Å². The molecule has 0 spiro atoms. The number of benzene rings is 2. The van der Waals surface area contributed by atoms with Gasteiger partial charge in [-0.2, -0.15) is 0 Å². The molecular formula is C17H18FNO3. The Balaban J connectivity index is 2.25. The second kappa shape index (κ2) is 7.56. The van der Waals surface area contributed by atoms with Gasteiger partial charge in [0.2, 0.25) is 0 Å². The number of nitrogens with one attached hydrogen (secondary N) is 1. The lowest BCUT2D eigenvalue weighted by molar-refractivity contribution is 0.0985. The Kier molecular flexibility index (Phi) is 5.49. The Bertz CT molecular complexity index is 644. The van der Waals surface area contributed by atoms with Crippen LogP contribution in [0.3, 0.4) is 0 Å². The quantitative estimate of drug-likeness (QED) is 0.799. The summed E-state index contributed by atoms with van der Waals surface area (Å²) < 4.78 is 25.1. The van der Waals surface area contributed by atoms with Crippen LogP contribution in [0.25, 0.3) is 0 Å². The van der Waals surface area contributed by atoms with E-state index in [9.17, 15) is 9.18 Å². The van der Waals surface area contributed by atoms with Crippen molar-refractivity contribution < 1.29 is 18.7 Å². The lowest BCUT2D eigenvalue weighted by Crippen LogP contribution is -2.20. The molecule has 2 aromatic rings. The van der Waals surface area contributed by atoms with E-state index in [1.165, 1.54) is 19.2 Å².